The molecule has 0 unspecified atom stereocenters. The average molecular weight is 496 g/mol. The van der Waals surface area contributed by atoms with E-state index in [1.807, 2.05) is 0 Å². The zero-order chi connectivity index (χ0) is 20.3. The molecule has 0 bridgehead atoms. The van der Waals surface area contributed by atoms with Crippen molar-refractivity contribution in [3.05, 3.63) is 29.3 Å². The number of rotatable bonds is 4. The van der Waals surface area contributed by atoms with Crippen LogP contribution in [-0.4, -0.2) is 159 Å². The Hall–Kier alpha value is 0.693. The number of anilines is 1. The van der Waals surface area contributed by atoms with E-state index in [4.69, 9.17) is 11.5 Å². The number of nitrogens with two attached hydrogens (primary N) is 2. The van der Waals surface area contributed by atoms with E-state index >= 15 is 0 Å². The molecule has 0 saturated carbocycles. The third-order valence-electron chi connectivity index (χ3n) is 4.09. The van der Waals surface area contributed by atoms with Crippen LogP contribution in [0.5, 0.6) is 0 Å². The molecule has 11 nitrogen and oxygen atoms in total. The predicted molar refractivity (Wildman–Crippen MR) is 107 cm³/mol. The van der Waals surface area contributed by atoms with Gasteiger partial charge >= 0.3 is 103 Å². The topological polar surface area (TPSA) is 198 Å². The molecule has 2 amide bonds. The van der Waals surface area contributed by atoms with Crippen LogP contribution in [0.15, 0.2) is 28.0 Å². The zero-order valence-electron chi connectivity index (χ0n) is 13.4. The van der Waals surface area contributed by atoms with Crippen LogP contribution in [0.4, 0.5) is 5.69 Å². The van der Waals surface area contributed by atoms with Gasteiger partial charge in [0.2, 0.25) is 0 Å². The molecule has 1 heterocycles. The van der Waals surface area contributed by atoms with Crippen LogP contribution in [0.2, 0.25) is 0 Å². The van der Waals surface area contributed by atoms with Gasteiger partial charge in [0.15, 0.2) is 0 Å². The predicted octanol–water partition coefficient (Wildman–Crippen LogP) is -1.83. The summed E-state index contributed by atoms with van der Waals surface area (Å²) in [7, 11) is -9.67. The van der Waals surface area contributed by atoms with Gasteiger partial charge in [-0.2, -0.15) is 16.8 Å². The van der Waals surface area contributed by atoms with Crippen LogP contribution in [0.25, 0.3) is 10.8 Å². The van der Waals surface area contributed by atoms with E-state index in [1.165, 1.54) is 0 Å². The number of nitrogens with zero attached hydrogens (tertiary/aromatic N) is 1. The number of hydrogen-bond acceptors (Lipinski definition) is 8. The molecule has 0 radical (unpaired) electrons. The van der Waals surface area contributed by atoms with Crippen LogP contribution < -0.4 is 11.5 Å². The number of carbonyl (C=O) groups excluding carboxylic acids is 2. The van der Waals surface area contributed by atoms with Crippen molar-refractivity contribution in [2.75, 3.05) is 18.8 Å². The molecule has 0 fully saturated rings. The van der Waals surface area contributed by atoms with E-state index in [-0.39, 0.29) is 138 Å². The van der Waals surface area contributed by atoms with Gasteiger partial charge in [-0.15, -0.1) is 0 Å². The summed E-state index contributed by atoms with van der Waals surface area (Å²) in [6, 6.07) is 2.48. The van der Waals surface area contributed by atoms with E-state index in [2.05, 4.69) is 0 Å². The van der Waals surface area contributed by atoms with Crippen LogP contribution in [0, 0.1) is 0 Å². The van der Waals surface area contributed by atoms with Gasteiger partial charge in [-0.3, -0.25) is 23.6 Å². The van der Waals surface area contributed by atoms with Crippen LogP contribution >= 0.6 is 0 Å². The van der Waals surface area contributed by atoms with Gasteiger partial charge in [-0.25, -0.2) is 0 Å². The summed E-state index contributed by atoms with van der Waals surface area (Å²) in [5.41, 5.74) is 10.00. The Balaban J connectivity index is 0.00000210. The van der Waals surface area contributed by atoms with E-state index in [0.717, 1.165) is 18.2 Å². The first kappa shape index (κ1) is 27.7. The molecule has 1 aliphatic rings. The fourth-order valence-corrected chi connectivity index (χ4v) is 4.14. The van der Waals surface area contributed by atoms with Crippen molar-refractivity contribution >= 4 is 151 Å². The van der Waals surface area contributed by atoms with Crippen molar-refractivity contribution in [1.29, 1.82) is 0 Å². The molecule has 6 N–H and O–H groups in total. The van der Waals surface area contributed by atoms with Gasteiger partial charge < -0.3 is 11.5 Å². The van der Waals surface area contributed by atoms with Crippen molar-refractivity contribution in [3.8, 4) is 0 Å². The molecule has 2 aromatic carbocycles. The summed E-state index contributed by atoms with van der Waals surface area (Å²) in [5, 5.41) is -0.380. The first-order valence-corrected chi connectivity index (χ1v) is 10.2. The van der Waals surface area contributed by atoms with E-state index in [9.17, 15) is 35.5 Å². The molecule has 2 aromatic rings. The zero-order valence-corrected chi connectivity index (χ0v) is 15.0. The van der Waals surface area contributed by atoms with Crippen LogP contribution in [-0.2, 0) is 20.2 Å². The maximum atomic E-state index is 12.6. The molecule has 0 aliphatic carbocycles. The number of amides is 2. The van der Waals surface area contributed by atoms with Gasteiger partial charge in [0.25, 0.3) is 32.1 Å². The molecule has 0 saturated heterocycles. The molecule has 1 aliphatic heterocycles. The number of imide groups is 1. The first-order chi connectivity index (χ1) is 12.4. The van der Waals surface area contributed by atoms with Crippen LogP contribution in [0.1, 0.15) is 20.7 Å². The molecule has 0 spiro atoms. The van der Waals surface area contributed by atoms with Gasteiger partial charge in [0, 0.05) is 23.9 Å². The Kier molecular flexibility index (Phi) is 9.25. The SMILES string of the molecule is NCCN1C(=O)c2cc(S(=O)(=O)O)cc3c(N)c(S(=O)(=O)O)cc(c23)C1=O.[KH].[KH]. The molecule has 0 aromatic heterocycles. The van der Waals surface area contributed by atoms with Gasteiger partial charge in [0.05, 0.1) is 21.7 Å². The summed E-state index contributed by atoms with van der Waals surface area (Å²) in [4.78, 5) is 24.4. The standard InChI is InChI=1S/C14H13N3O8S2.2K.2H/c15-1-2-17-13(18)8-4-6(26(20,21)22)3-7-11(8)9(14(17)19)5-10(12(7)16)27(23,24)25;;;;/h3-5H,1-2,15-16H2,(H,20,21,22)(H,23,24,25);;;;. The van der Waals surface area contributed by atoms with Crippen molar-refractivity contribution in [2.45, 2.75) is 9.79 Å². The van der Waals surface area contributed by atoms with E-state index < -0.39 is 47.5 Å². The average Bonchev–Trinajstić information content (AvgIpc) is 2.55. The van der Waals surface area contributed by atoms with Gasteiger partial charge in [-0.1, -0.05) is 0 Å². The second-order valence-corrected chi connectivity index (χ2v) is 8.54. The fraction of sp³-hybridized carbons (Fsp3) is 0.143. The monoisotopic (exact) mass is 495 g/mol. The van der Waals surface area contributed by atoms with Crippen molar-refractivity contribution < 1.29 is 35.5 Å². The molecule has 0 atom stereocenters. The summed E-state index contributed by atoms with van der Waals surface area (Å²) >= 11 is 0. The van der Waals surface area contributed by atoms with Crippen molar-refractivity contribution in [3.63, 3.8) is 0 Å². The normalized spacial score (nSPS) is 13.8. The summed E-state index contributed by atoms with van der Waals surface area (Å²) < 4.78 is 65.1. The third kappa shape index (κ3) is 5.04. The Morgan fingerprint density at radius 2 is 1.41 bits per heavy atom. The summed E-state index contributed by atoms with van der Waals surface area (Å²) in [5.74, 6) is -1.76. The second-order valence-electron chi connectivity index (χ2n) is 5.73. The number of nitrogen functional groups attached to an aromatic ring is 1. The summed E-state index contributed by atoms with van der Waals surface area (Å²) in [6.45, 7) is -0.325. The maximum absolute atomic E-state index is 12.6. The number of carbonyl (C=O) groups is 2. The quantitative estimate of drug-likeness (QED) is 0.162. The minimum absolute atomic E-state index is 0. The third-order valence-corrected chi connectivity index (χ3v) is 5.82. The number of benzene rings is 2. The summed E-state index contributed by atoms with van der Waals surface area (Å²) in [6.07, 6.45) is 0. The molecular weight excluding hydrogens is 480 g/mol. The van der Waals surface area contributed by atoms with E-state index in [0.29, 0.717) is 4.90 Å². The molecule has 3 rings (SSSR count). The Morgan fingerprint density at radius 1 is 0.897 bits per heavy atom. The molecular formula is C14H15K2N3O8S2. The molecule has 148 valence electrons. The first-order valence-electron chi connectivity index (χ1n) is 7.29. The fourth-order valence-electron chi connectivity index (χ4n) is 2.95. The molecule has 29 heavy (non-hydrogen) atoms. The minimum atomic E-state index is -4.88. The van der Waals surface area contributed by atoms with E-state index in [1.54, 1.807) is 0 Å². The Morgan fingerprint density at radius 3 is 1.86 bits per heavy atom. The number of hydrogen-bond donors (Lipinski definition) is 4. The molecule has 15 heteroatoms. The van der Waals surface area contributed by atoms with Gasteiger partial charge in [0.1, 0.15) is 4.90 Å². The van der Waals surface area contributed by atoms with Gasteiger partial charge in [-0.05, 0) is 18.2 Å². The van der Waals surface area contributed by atoms with Crippen molar-refractivity contribution in [1.82, 2.24) is 4.90 Å². The Labute approximate surface area is 250 Å². The Bertz CT molecular complexity index is 1220. The van der Waals surface area contributed by atoms with Crippen molar-refractivity contribution in [2.24, 2.45) is 5.73 Å². The second kappa shape index (κ2) is 9.67. The van der Waals surface area contributed by atoms with Crippen LogP contribution in [0.3, 0.4) is 0 Å².